The maximum absolute atomic E-state index is 12.2. The summed E-state index contributed by atoms with van der Waals surface area (Å²) in [6, 6.07) is 10.4. The standard InChI is InChI=1S/C21H18N2O8/c1-3-29-18-11-13(4-9-17(18)30-12-19(24)28-2)10-16-21(25)31-20(22-16)14-5-7-15(8-6-14)23(26)27/h4-11H,3,12H2,1-2H3/b16-10-. The van der Waals surface area contributed by atoms with E-state index in [1.807, 2.05) is 0 Å². The maximum atomic E-state index is 12.2. The van der Waals surface area contributed by atoms with Crippen LogP contribution in [0, 0.1) is 10.1 Å². The number of aliphatic imine (C=N–C) groups is 1. The number of nitro groups is 1. The Kier molecular flexibility index (Phi) is 6.61. The fourth-order valence-electron chi connectivity index (χ4n) is 2.61. The lowest BCUT2D eigenvalue weighted by Crippen LogP contribution is -2.13. The molecule has 10 heteroatoms. The SMILES string of the molecule is CCOc1cc(/C=C2\N=C(c3ccc([N+](=O)[O-])cc3)OC2=O)ccc1OCC(=O)OC. The highest BCUT2D eigenvalue weighted by molar-refractivity contribution is 6.12. The van der Waals surface area contributed by atoms with Gasteiger partial charge >= 0.3 is 11.9 Å². The van der Waals surface area contributed by atoms with Crippen molar-refractivity contribution in [3.63, 3.8) is 0 Å². The first-order valence-corrected chi connectivity index (χ1v) is 9.15. The van der Waals surface area contributed by atoms with Crippen molar-refractivity contribution in [3.05, 3.63) is 69.4 Å². The van der Waals surface area contributed by atoms with Crippen LogP contribution >= 0.6 is 0 Å². The third-order valence-electron chi connectivity index (χ3n) is 4.09. The molecule has 0 saturated carbocycles. The van der Waals surface area contributed by atoms with E-state index < -0.39 is 16.9 Å². The number of rotatable bonds is 8. The molecule has 1 aliphatic heterocycles. The Morgan fingerprint density at radius 1 is 1.16 bits per heavy atom. The van der Waals surface area contributed by atoms with Crippen LogP contribution in [-0.2, 0) is 19.1 Å². The average molecular weight is 426 g/mol. The number of hydrogen-bond acceptors (Lipinski definition) is 9. The molecule has 3 rings (SSSR count). The van der Waals surface area contributed by atoms with E-state index in [4.69, 9.17) is 14.2 Å². The summed E-state index contributed by atoms with van der Waals surface area (Å²) in [6.45, 7) is 1.88. The predicted octanol–water partition coefficient (Wildman–Crippen LogP) is 2.89. The van der Waals surface area contributed by atoms with Gasteiger partial charge in [0.05, 0.1) is 18.6 Å². The molecule has 0 unspecified atom stereocenters. The van der Waals surface area contributed by atoms with Gasteiger partial charge in [-0.2, -0.15) is 0 Å². The number of non-ortho nitro benzene ring substituents is 1. The first-order valence-electron chi connectivity index (χ1n) is 9.15. The highest BCUT2D eigenvalue weighted by Crippen LogP contribution is 2.30. The van der Waals surface area contributed by atoms with Crippen LogP contribution in [-0.4, -0.2) is 43.1 Å². The number of benzene rings is 2. The van der Waals surface area contributed by atoms with Gasteiger partial charge in [0.1, 0.15) is 0 Å². The van der Waals surface area contributed by atoms with Gasteiger partial charge in [-0.05, 0) is 42.8 Å². The van der Waals surface area contributed by atoms with Crippen LogP contribution in [0.15, 0.2) is 53.2 Å². The van der Waals surface area contributed by atoms with Gasteiger partial charge in [-0.15, -0.1) is 0 Å². The summed E-state index contributed by atoms with van der Waals surface area (Å²) in [5, 5.41) is 10.8. The Hall–Kier alpha value is -4.21. The van der Waals surface area contributed by atoms with Gasteiger partial charge in [0.25, 0.3) is 5.69 Å². The van der Waals surface area contributed by atoms with Crippen molar-refractivity contribution in [2.24, 2.45) is 4.99 Å². The van der Waals surface area contributed by atoms with Crippen molar-refractivity contribution < 1.29 is 33.5 Å². The Labute approximate surface area is 176 Å². The molecule has 0 amide bonds. The lowest BCUT2D eigenvalue weighted by molar-refractivity contribution is -0.384. The molecule has 0 spiro atoms. The van der Waals surface area contributed by atoms with Crippen LogP contribution in [0.4, 0.5) is 5.69 Å². The van der Waals surface area contributed by atoms with E-state index >= 15 is 0 Å². The number of ether oxygens (including phenoxy) is 4. The van der Waals surface area contributed by atoms with E-state index in [0.29, 0.717) is 29.2 Å². The normalized spacial score (nSPS) is 14.1. The van der Waals surface area contributed by atoms with Crippen LogP contribution in [0.3, 0.4) is 0 Å². The summed E-state index contributed by atoms with van der Waals surface area (Å²) in [7, 11) is 1.26. The van der Waals surface area contributed by atoms with Crippen LogP contribution in [0.25, 0.3) is 6.08 Å². The number of cyclic esters (lactones) is 1. The minimum Gasteiger partial charge on any atom is -0.490 e. The highest BCUT2D eigenvalue weighted by atomic mass is 16.6. The van der Waals surface area contributed by atoms with Crippen molar-refractivity contribution >= 4 is 29.6 Å². The van der Waals surface area contributed by atoms with Crippen LogP contribution < -0.4 is 9.47 Å². The molecule has 0 atom stereocenters. The zero-order valence-electron chi connectivity index (χ0n) is 16.7. The van der Waals surface area contributed by atoms with Gasteiger partial charge in [0.2, 0.25) is 5.90 Å². The van der Waals surface area contributed by atoms with Crippen molar-refractivity contribution in [1.29, 1.82) is 0 Å². The van der Waals surface area contributed by atoms with Crippen LogP contribution in [0.2, 0.25) is 0 Å². The van der Waals surface area contributed by atoms with Gasteiger partial charge in [-0.1, -0.05) is 6.07 Å². The third kappa shape index (κ3) is 5.24. The molecule has 0 fully saturated rings. The van der Waals surface area contributed by atoms with Crippen molar-refractivity contribution in [1.82, 2.24) is 0 Å². The quantitative estimate of drug-likeness (QED) is 0.273. The van der Waals surface area contributed by atoms with Crippen molar-refractivity contribution in [2.45, 2.75) is 6.92 Å². The van der Waals surface area contributed by atoms with Gasteiger partial charge < -0.3 is 18.9 Å². The lowest BCUT2D eigenvalue weighted by atomic mass is 10.1. The molecular formula is C21H18N2O8. The van der Waals surface area contributed by atoms with E-state index in [0.717, 1.165) is 0 Å². The molecule has 0 aliphatic carbocycles. The van der Waals surface area contributed by atoms with Gasteiger partial charge in [0, 0.05) is 17.7 Å². The lowest BCUT2D eigenvalue weighted by Gasteiger charge is -2.11. The fraction of sp³-hybridized carbons (Fsp3) is 0.190. The topological polar surface area (TPSA) is 127 Å². The molecule has 0 aromatic heterocycles. The first kappa shape index (κ1) is 21.5. The molecule has 31 heavy (non-hydrogen) atoms. The molecule has 2 aromatic rings. The average Bonchev–Trinajstić information content (AvgIpc) is 3.13. The fourth-order valence-corrected chi connectivity index (χ4v) is 2.61. The largest absolute Gasteiger partial charge is 0.490 e. The van der Waals surface area contributed by atoms with Crippen molar-refractivity contribution in [2.75, 3.05) is 20.3 Å². The van der Waals surface area contributed by atoms with Crippen LogP contribution in [0.1, 0.15) is 18.1 Å². The van der Waals surface area contributed by atoms with E-state index in [9.17, 15) is 19.7 Å². The van der Waals surface area contributed by atoms with E-state index in [1.165, 1.54) is 37.5 Å². The number of carbonyl (C=O) groups excluding carboxylic acids is 2. The summed E-state index contributed by atoms with van der Waals surface area (Å²) in [5.41, 5.74) is 1.000. The smallest absolute Gasteiger partial charge is 0.363 e. The summed E-state index contributed by atoms with van der Waals surface area (Å²) in [4.78, 5) is 37.9. The summed E-state index contributed by atoms with van der Waals surface area (Å²) >= 11 is 0. The second-order valence-electron chi connectivity index (χ2n) is 6.14. The van der Waals surface area contributed by atoms with Crippen LogP contribution in [0.5, 0.6) is 11.5 Å². The molecule has 0 radical (unpaired) electrons. The first-order chi connectivity index (χ1) is 14.9. The highest BCUT2D eigenvalue weighted by Gasteiger charge is 2.24. The molecule has 0 bridgehead atoms. The number of nitro benzene ring substituents is 1. The molecular weight excluding hydrogens is 408 g/mol. The maximum Gasteiger partial charge on any atom is 0.363 e. The molecule has 10 nitrogen and oxygen atoms in total. The number of nitrogens with zero attached hydrogens (tertiary/aromatic N) is 2. The summed E-state index contributed by atoms with van der Waals surface area (Å²) < 4.78 is 20.7. The molecule has 0 saturated heterocycles. The number of methoxy groups -OCH3 is 1. The minimum atomic E-state index is -0.655. The molecule has 1 heterocycles. The second kappa shape index (κ2) is 9.53. The van der Waals surface area contributed by atoms with E-state index in [-0.39, 0.29) is 23.9 Å². The Balaban J connectivity index is 1.84. The molecule has 160 valence electrons. The second-order valence-corrected chi connectivity index (χ2v) is 6.14. The number of hydrogen-bond donors (Lipinski definition) is 0. The van der Waals surface area contributed by atoms with E-state index in [1.54, 1.807) is 25.1 Å². The number of esters is 2. The summed E-state index contributed by atoms with van der Waals surface area (Å²) in [6.07, 6.45) is 1.51. The third-order valence-corrected chi connectivity index (χ3v) is 4.09. The van der Waals surface area contributed by atoms with Gasteiger partial charge in [-0.3, -0.25) is 10.1 Å². The Morgan fingerprint density at radius 2 is 1.90 bits per heavy atom. The van der Waals surface area contributed by atoms with E-state index in [2.05, 4.69) is 9.73 Å². The van der Waals surface area contributed by atoms with Gasteiger partial charge in [-0.25, -0.2) is 14.6 Å². The minimum absolute atomic E-state index is 0.0502. The predicted molar refractivity (Wildman–Crippen MR) is 109 cm³/mol. The number of carbonyl (C=O) groups is 2. The van der Waals surface area contributed by atoms with Gasteiger partial charge in [0.15, 0.2) is 23.8 Å². The zero-order valence-corrected chi connectivity index (χ0v) is 16.7. The zero-order chi connectivity index (χ0) is 22.4. The molecule has 2 aromatic carbocycles. The molecule has 1 aliphatic rings. The Morgan fingerprint density at radius 3 is 2.55 bits per heavy atom. The monoisotopic (exact) mass is 426 g/mol. The summed E-state index contributed by atoms with van der Waals surface area (Å²) in [5.74, 6) is -0.410. The molecule has 0 N–H and O–H groups in total. The Bertz CT molecular complexity index is 1070. The van der Waals surface area contributed by atoms with Crippen molar-refractivity contribution in [3.8, 4) is 11.5 Å².